The molecule has 180 valence electrons. The van der Waals surface area contributed by atoms with E-state index in [0.29, 0.717) is 17.7 Å². The molecular formula is C22H28N2O6S3. The second-order valence-electron chi connectivity index (χ2n) is 7.13. The molecule has 1 unspecified atom stereocenters. The molecule has 0 aliphatic heterocycles. The van der Waals surface area contributed by atoms with Crippen molar-refractivity contribution in [3.63, 3.8) is 0 Å². The van der Waals surface area contributed by atoms with Crippen LogP contribution in [0.1, 0.15) is 24.1 Å². The number of sulfonamides is 1. The van der Waals surface area contributed by atoms with Gasteiger partial charge in [-0.2, -0.15) is 0 Å². The predicted molar refractivity (Wildman–Crippen MR) is 130 cm³/mol. The van der Waals surface area contributed by atoms with Crippen LogP contribution in [-0.4, -0.2) is 57.9 Å². The molecule has 2 rings (SSSR count). The maximum atomic E-state index is 13.0. The van der Waals surface area contributed by atoms with E-state index in [0.717, 1.165) is 28.2 Å². The highest BCUT2D eigenvalue weighted by atomic mass is 32.2. The van der Waals surface area contributed by atoms with Crippen molar-refractivity contribution in [1.29, 1.82) is 0 Å². The minimum Gasteiger partial charge on any atom is -0.481 e. The summed E-state index contributed by atoms with van der Waals surface area (Å²) in [5.74, 6) is 5.67. The van der Waals surface area contributed by atoms with Gasteiger partial charge in [-0.3, -0.25) is 0 Å². The van der Waals surface area contributed by atoms with Crippen LogP contribution in [0.5, 0.6) is 5.75 Å². The molecule has 2 N–H and O–H groups in total. The molecule has 2 aromatic rings. The Morgan fingerprint density at radius 3 is 2.27 bits per heavy atom. The quantitative estimate of drug-likeness (QED) is 0.254. The lowest BCUT2D eigenvalue weighted by molar-refractivity contribution is -0.0165. The number of rotatable bonds is 12. The van der Waals surface area contributed by atoms with Crippen LogP contribution in [0.4, 0.5) is 0 Å². The molecule has 0 spiro atoms. The first kappa shape index (κ1) is 27.2. The Morgan fingerprint density at radius 1 is 1.09 bits per heavy atom. The Hall–Kier alpha value is -2.07. The lowest BCUT2D eigenvalue weighted by Gasteiger charge is -2.24. The van der Waals surface area contributed by atoms with Crippen molar-refractivity contribution < 1.29 is 26.8 Å². The normalized spacial score (nSPS) is 12.8. The number of benzene rings is 2. The van der Waals surface area contributed by atoms with Crippen LogP contribution in [0.15, 0.2) is 53.4 Å². The van der Waals surface area contributed by atoms with Crippen LogP contribution in [0.3, 0.4) is 0 Å². The maximum absolute atomic E-state index is 13.0. The summed E-state index contributed by atoms with van der Waals surface area (Å²) in [6.45, 7) is 2.19. The summed E-state index contributed by atoms with van der Waals surface area (Å²) >= 11 is 1.01. The van der Waals surface area contributed by atoms with Gasteiger partial charge in [0, 0.05) is 6.54 Å². The summed E-state index contributed by atoms with van der Waals surface area (Å²) in [7, 11) is -6.98. The van der Waals surface area contributed by atoms with Crippen molar-refractivity contribution in [3.05, 3.63) is 59.7 Å². The third kappa shape index (κ3) is 9.00. The van der Waals surface area contributed by atoms with Crippen LogP contribution in [0.2, 0.25) is 0 Å². The molecule has 0 bridgehead atoms. The van der Waals surface area contributed by atoms with Crippen molar-refractivity contribution in [2.24, 2.45) is 0 Å². The smallest absolute Gasteiger partial charge is 0.208 e. The summed E-state index contributed by atoms with van der Waals surface area (Å²) in [5, 5.41) is 10.4. The van der Waals surface area contributed by atoms with Gasteiger partial charge >= 0.3 is 0 Å². The number of hydrogen-bond acceptors (Lipinski definition) is 8. The number of hydrogen-bond donors (Lipinski definition) is 2. The molecule has 1 atom stereocenters. The van der Waals surface area contributed by atoms with Gasteiger partial charge in [0.25, 0.3) is 0 Å². The Kier molecular flexibility index (Phi) is 10.2. The number of sulfone groups is 1. The Labute approximate surface area is 200 Å². The predicted octanol–water partition coefficient (Wildman–Crippen LogP) is 2.66. The molecular weight excluding hydrogens is 484 g/mol. The highest BCUT2D eigenvalue weighted by molar-refractivity contribution is 7.96. The molecule has 0 aliphatic rings. The van der Waals surface area contributed by atoms with Crippen molar-refractivity contribution in [2.45, 2.75) is 24.3 Å². The molecule has 0 aromatic heterocycles. The van der Waals surface area contributed by atoms with Crippen LogP contribution < -0.4 is 9.46 Å². The second kappa shape index (κ2) is 12.4. The largest absolute Gasteiger partial charge is 0.481 e. The highest BCUT2D eigenvalue weighted by Crippen LogP contribution is 2.29. The summed E-state index contributed by atoms with van der Waals surface area (Å²) < 4.78 is 57.2. The lowest BCUT2D eigenvalue weighted by atomic mass is 10.1. The van der Waals surface area contributed by atoms with E-state index in [1.807, 2.05) is 0 Å². The molecule has 0 saturated carbocycles. The van der Waals surface area contributed by atoms with E-state index in [9.17, 15) is 22.0 Å². The number of ether oxygens (including phenoxy) is 1. The average Bonchev–Trinajstić information content (AvgIpc) is 2.77. The molecule has 33 heavy (non-hydrogen) atoms. The fourth-order valence-corrected chi connectivity index (χ4v) is 5.45. The number of nitrogens with zero attached hydrogens (tertiary/aromatic N) is 1. The lowest BCUT2D eigenvalue weighted by Crippen LogP contribution is -2.26. The fourth-order valence-electron chi connectivity index (χ4n) is 2.94. The average molecular weight is 513 g/mol. The van der Waals surface area contributed by atoms with Gasteiger partial charge in [-0.05, 0) is 55.0 Å². The van der Waals surface area contributed by atoms with Crippen LogP contribution >= 0.6 is 11.9 Å². The van der Waals surface area contributed by atoms with E-state index in [-0.39, 0.29) is 23.8 Å². The summed E-state index contributed by atoms with van der Waals surface area (Å²) in [6.07, 6.45) is 3.23. The van der Waals surface area contributed by atoms with Crippen molar-refractivity contribution in [2.75, 3.05) is 31.4 Å². The molecule has 8 nitrogen and oxygen atoms in total. The third-order valence-electron chi connectivity index (χ3n) is 4.64. The highest BCUT2D eigenvalue weighted by Gasteiger charge is 2.27. The van der Waals surface area contributed by atoms with Gasteiger partial charge in [-0.1, -0.05) is 42.1 Å². The van der Waals surface area contributed by atoms with E-state index in [1.54, 1.807) is 49.6 Å². The van der Waals surface area contributed by atoms with Gasteiger partial charge in [-0.25, -0.2) is 21.6 Å². The second-order valence-corrected chi connectivity index (χ2v) is 11.7. The zero-order valence-corrected chi connectivity index (χ0v) is 21.1. The van der Waals surface area contributed by atoms with Gasteiger partial charge in [0.05, 0.1) is 22.9 Å². The van der Waals surface area contributed by atoms with Crippen LogP contribution in [-0.2, 0) is 26.3 Å². The SMILES string of the molecule is CC#CCOc1ccc(S(=O)(=O)CC(c2ccc(CCNS(C)(=O)=O)cc2)N(O)SC)cc1. The first-order valence-electron chi connectivity index (χ1n) is 9.96. The van der Waals surface area contributed by atoms with E-state index in [1.165, 1.54) is 12.1 Å². The van der Waals surface area contributed by atoms with Crippen molar-refractivity contribution >= 4 is 31.8 Å². The zero-order chi connectivity index (χ0) is 24.5. The standard InChI is InChI=1S/C22H28N2O6S3/c1-4-5-16-30-20-10-12-21(13-11-20)33(28,29)17-22(24(25)31-2)19-8-6-18(7-9-19)14-15-23-32(3,26)27/h6-13,22-23,25H,14-17H2,1-3H3. The Bertz CT molecular complexity index is 1170. The minimum absolute atomic E-state index is 0.124. The van der Waals surface area contributed by atoms with Gasteiger partial charge in [-0.15, -0.1) is 10.4 Å². The summed E-state index contributed by atoms with van der Waals surface area (Å²) in [5.41, 5.74) is 1.50. The van der Waals surface area contributed by atoms with Crippen molar-refractivity contribution in [3.8, 4) is 17.6 Å². The number of nitrogens with one attached hydrogen (secondary N) is 1. The Balaban J connectivity index is 2.15. The van der Waals surface area contributed by atoms with Gasteiger partial charge < -0.3 is 9.94 Å². The third-order valence-corrected chi connectivity index (χ3v) is 7.75. The summed E-state index contributed by atoms with van der Waals surface area (Å²) in [4.78, 5) is 0.124. The fraction of sp³-hybridized carbons (Fsp3) is 0.364. The van der Waals surface area contributed by atoms with Gasteiger partial charge in [0.1, 0.15) is 12.4 Å². The maximum Gasteiger partial charge on any atom is 0.208 e. The first-order valence-corrected chi connectivity index (χ1v) is 14.7. The molecule has 2 aromatic carbocycles. The number of hydroxylamine groups is 1. The van der Waals surface area contributed by atoms with Crippen molar-refractivity contribution in [1.82, 2.24) is 9.19 Å². The van der Waals surface area contributed by atoms with E-state index in [2.05, 4.69) is 16.6 Å². The topological polar surface area (TPSA) is 113 Å². The molecule has 11 heteroatoms. The minimum atomic E-state index is -3.72. The Morgan fingerprint density at radius 2 is 1.73 bits per heavy atom. The summed E-state index contributed by atoms with van der Waals surface area (Å²) in [6, 6.07) is 12.3. The van der Waals surface area contributed by atoms with Gasteiger partial charge in [0.15, 0.2) is 9.84 Å². The first-order chi connectivity index (χ1) is 15.6. The van der Waals surface area contributed by atoms with E-state index in [4.69, 9.17) is 4.74 Å². The molecule has 0 heterocycles. The molecule has 0 radical (unpaired) electrons. The molecule has 0 amide bonds. The van der Waals surface area contributed by atoms with E-state index < -0.39 is 25.9 Å². The zero-order valence-electron chi connectivity index (χ0n) is 18.7. The van der Waals surface area contributed by atoms with Crippen LogP contribution in [0, 0.1) is 11.8 Å². The monoisotopic (exact) mass is 512 g/mol. The van der Waals surface area contributed by atoms with E-state index >= 15 is 0 Å². The van der Waals surface area contributed by atoms with Gasteiger partial charge in [0.2, 0.25) is 10.0 Å². The molecule has 0 saturated heterocycles. The molecule has 0 fully saturated rings. The molecule has 0 aliphatic carbocycles. The van der Waals surface area contributed by atoms with Crippen LogP contribution in [0.25, 0.3) is 0 Å².